The molecule has 26 heavy (non-hydrogen) atoms. The first kappa shape index (κ1) is 16.1. The van der Waals surface area contributed by atoms with Gasteiger partial charge in [0.2, 0.25) is 5.91 Å². The monoisotopic (exact) mass is 351 g/mol. The van der Waals surface area contributed by atoms with E-state index in [1.807, 2.05) is 18.2 Å². The highest BCUT2D eigenvalue weighted by molar-refractivity contribution is 5.93. The van der Waals surface area contributed by atoms with Crippen LogP contribution >= 0.6 is 0 Å². The van der Waals surface area contributed by atoms with Crippen LogP contribution < -0.4 is 11.1 Å². The molecule has 3 N–H and O–H groups in total. The average Bonchev–Trinajstić information content (AvgIpc) is 3.08. The molecule has 1 aromatic heterocycles. The number of hydrogen-bond donors (Lipinski definition) is 2. The van der Waals surface area contributed by atoms with Gasteiger partial charge in [0, 0.05) is 29.3 Å². The van der Waals surface area contributed by atoms with Crippen LogP contribution in [0.2, 0.25) is 0 Å². The van der Waals surface area contributed by atoms with Gasteiger partial charge in [0.05, 0.1) is 5.69 Å². The molecule has 5 nitrogen and oxygen atoms in total. The minimum absolute atomic E-state index is 0.330. The second kappa shape index (κ2) is 5.95. The molecule has 2 aromatic rings. The van der Waals surface area contributed by atoms with E-state index in [9.17, 15) is 4.79 Å². The second-order valence-electron chi connectivity index (χ2n) is 8.68. The van der Waals surface area contributed by atoms with Gasteiger partial charge in [-0.1, -0.05) is 17.3 Å². The molecule has 0 aliphatic heterocycles. The maximum absolute atomic E-state index is 11.2. The molecule has 5 heteroatoms. The Morgan fingerprint density at radius 3 is 2.31 bits per heavy atom. The highest BCUT2D eigenvalue weighted by atomic mass is 16.5. The molecule has 0 atom stereocenters. The summed E-state index contributed by atoms with van der Waals surface area (Å²) >= 11 is 0. The number of amides is 1. The van der Waals surface area contributed by atoms with Crippen molar-refractivity contribution in [2.24, 2.45) is 23.5 Å². The van der Waals surface area contributed by atoms with Gasteiger partial charge >= 0.3 is 0 Å². The number of primary amides is 1. The maximum Gasteiger partial charge on any atom is 0.248 e. The lowest BCUT2D eigenvalue weighted by molar-refractivity contribution is -0.0208. The summed E-state index contributed by atoms with van der Waals surface area (Å²) in [7, 11) is 0. The first-order chi connectivity index (χ1) is 12.6. The van der Waals surface area contributed by atoms with Crippen LogP contribution in [-0.4, -0.2) is 16.6 Å². The molecule has 4 aliphatic rings. The third-order valence-corrected chi connectivity index (χ3v) is 6.70. The fourth-order valence-electron chi connectivity index (χ4n) is 5.94. The van der Waals surface area contributed by atoms with Crippen LogP contribution in [0.4, 0.5) is 0 Å². The molecular weight excluding hydrogens is 326 g/mol. The van der Waals surface area contributed by atoms with Crippen molar-refractivity contribution in [3.05, 3.63) is 41.6 Å². The number of carbonyl (C=O) groups excluding carboxylic acids is 1. The van der Waals surface area contributed by atoms with Crippen molar-refractivity contribution in [1.82, 2.24) is 10.5 Å². The molecule has 0 spiro atoms. The van der Waals surface area contributed by atoms with E-state index in [2.05, 4.69) is 10.5 Å². The number of carbonyl (C=O) groups is 1. The Labute approximate surface area is 153 Å². The standard InChI is InChI=1S/C21H25N3O2/c22-20(25)17-3-1-16(2-4-17)19-8-18(24-26-19)12-23-21-9-13-5-14(10-21)7-15(6-13)11-21/h1-4,8,13-15,23H,5-7,9-12H2,(H2,22,25). The Balaban J connectivity index is 1.27. The number of benzene rings is 1. The van der Waals surface area contributed by atoms with Crippen molar-refractivity contribution in [3.8, 4) is 11.3 Å². The number of rotatable bonds is 5. The fraction of sp³-hybridized carbons (Fsp3) is 0.524. The van der Waals surface area contributed by atoms with Crippen LogP contribution in [0.15, 0.2) is 34.9 Å². The number of nitrogens with one attached hydrogen (secondary N) is 1. The first-order valence-electron chi connectivity index (χ1n) is 9.69. The van der Waals surface area contributed by atoms with E-state index in [1.165, 1.54) is 38.5 Å². The predicted octanol–water partition coefficient (Wildman–Crippen LogP) is 3.50. The summed E-state index contributed by atoms with van der Waals surface area (Å²) in [6.07, 6.45) is 8.36. The SMILES string of the molecule is NC(=O)c1ccc(-c2cc(CNC34CC5CC(CC(C5)C3)C4)no2)cc1. The number of aromatic nitrogens is 1. The summed E-state index contributed by atoms with van der Waals surface area (Å²) in [5.41, 5.74) is 7.96. The van der Waals surface area contributed by atoms with Gasteiger partial charge in [-0.3, -0.25) is 4.79 Å². The van der Waals surface area contributed by atoms with Crippen molar-refractivity contribution in [2.45, 2.75) is 50.6 Å². The van der Waals surface area contributed by atoms with Gasteiger partial charge in [0.1, 0.15) is 0 Å². The molecule has 1 aromatic carbocycles. The van der Waals surface area contributed by atoms with E-state index < -0.39 is 5.91 Å². The molecule has 4 aliphatic carbocycles. The van der Waals surface area contributed by atoms with E-state index in [4.69, 9.17) is 10.3 Å². The lowest BCUT2D eigenvalue weighted by Gasteiger charge is -2.57. The van der Waals surface area contributed by atoms with E-state index >= 15 is 0 Å². The van der Waals surface area contributed by atoms with Crippen LogP contribution in [0.3, 0.4) is 0 Å². The van der Waals surface area contributed by atoms with Gasteiger partial charge in [0.15, 0.2) is 5.76 Å². The number of nitrogens with two attached hydrogens (primary N) is 1. The Morgan fingerprint density at radius 2 is 1.73 bits per heavy atom. The highest BCUT2D eigenvalue weighted by Crippen LogP contribution is 2.55. The summed E-state index contributed by atoms with van der Waals surface area (Å²) in [5.74, 6) is 3.11. The van der Waals surface area contributed by atoms with Crippen LogP contribution in [0.25, 0.3) is 11.3 Å². The topological polar surface area (TPSA) is 81.2 Å². The van der Waals surface area contributed by atoms with Crippen molar-refractivity contribution in [3.63, 3.8) is 0 Å². The van der Waals surface area contributed by atoms with Gasteiger partial charge in [0.25, 0.3) is 0 Å². The molecule has 1 amide bonds. The third-order valence-electron chi connectivity index (χ3n) is 6.70. The first-order valence-corrected chi connectivity index (χ1v) is 9.69. The molecule has 136 valence electrons. The summed E-state index contributed by atoms with van der Waals surface area (Å²) in [4.78, 5) is 11.2. The third kappa shape index (κ3) is 2.84. The van der Waals surface area contributed by atoms with Crippen LogP contribution in [0.5, 0.6) is 0 Å². The molecule has 1 heterocycles. The molecule has 0 saturated heterocycles. The number of nitrogens with zero attached hydrogens (tertiary/aromatic N) is 1. The largest absolute Gasteiger partial charge is 0.366 e. The van der Waals surface area contributed by atoms with Crippen LogP contribution in [0.1, 0.15) is 54.6 Å². The summed E-state index contributed by atoms with van der Waals surface area (Å²) in [5, 5.41) is 8.09. The minimum Gasteiger partial charge on any atom is -0.366 e. The quantitative estimate of drug-likeness (QED) is 0.864. The van der Waals surface area contributed by atoms with Crippen LogP contribution in [0, 0.1) is 17.8 Å². The van der Waals surface area contributed by atoms with Gasteiger partial charge in [-0.25, -0.2) is 0 Å². The van der Waals surface area contributed by atoms with E-state index in [-0.39, 0.29) is 0 Å². The molecule has 0 radical (unpaired) electrons. The second-order valence-corrected chi connectivity index (χ2v) is 8.68. The molecule has 4 saturated carbocycles. The Kier molecular flexibility index (Phi) is 3.67. The zero-order valence-corrected chi connectivity index (χ0v) is 14.9. The summed E-state index contributed by atoms with van der Waals surface area (Å²) < 4.78 is 5.52. The van der Waals surface area contributed by atoms with Gasteiger partial charge in [-0.05, 0) is 68.4 Å². The predicted molar refractivity (Wildman–Crippen MR) is 98.2 cm³/mol. The smallest absolute Gasteiger partial charge is 0.248 e. The highest BCUT2D eigenvalue weighted by Gasteiger charge is 2.50. The molecule has 0 unspecified atom stereocenters. The number of hydrogen-bond acceptors (Lipinski definition) is 4. The van der Waals surface area contributed by atoms with Gasteiger partial charge < -0.3 is 15.6 Å². The van der Waals surface area contributed by atoms with E-state index in [0.717, 1.165) is 41.3 Å². The Morgan fingerprint density at radius 1 is 1.12 bits per heavy atom. The summed E-state index contributed by atoms with van der Waals surface area (Å²) in [6.45, 7) is 0.759. The molecule has 6 rings (SSSR count). The molecular formula is C21H25N3O2. The van der Waals surface area contributed by atoms with Crippen molar-refractivity contribution in [1.29, 1.82) is 0 Å². The zero-order chi connectivity index (χ0) is 17.7. The summed E-state index contributed by atoms with van der Waals surface area (Å²) in [6, 6.07) is 9.11. The van der Waals surface area contributed by atoms with Gasteiger partial charge in [-0.15, -0.1) is 0 Å². The minimum atomic E-state index is -0.422. The van der Waals surface area contributed by atoms with Crippen LogP contribution in [-0.2, 0) is 6.54 Å². The zero-order valence-electron chi connectivity index (χ0n) is 14.9. The molecule has 4 fully saturated rings. The van der Waals surface area contributed by atoms with Crippen molar-refractivity contribution < 1.29 is 9.32 Å². The van der Waals surface area contributed by atoms with Crippen molar-refractivity contribution >= 4 is 5.91 Å². The van der Waals surface area contributed by atoms with Gasteiger partial charge in [-0.2, -0.15) is 0 Å². The fourth-order valence-corrected chi connectivity index (χ4v) is 5.94. The lowest BCUT2D eigenvalue weighted by Crippen LogP contribution is -2.58. The van der Waals surface area contributed by atoms with E-state index in [0.29, 0.717) is 11.1 Å². The van der Waals surface area contributed by atoms with E-state index in [1.54, 1.807) is 12.1 Å². The normalized spacial score (nSPS) is 32.1. The lowest BCUT2D eigenvalue weighted by atomic mass is 9.53. The molecule has 4 bridgehead atoms. The Bertz CT molecular complexity index is 789. The maximum atomic E-state index is 11.2. The Hall–Kier alpha value is -2.14. The average molecular weight is 351 g/mol. The van der Waals surface area contributed by atoms with Crippen molar-refractivity contribution in [2.75, 3.05) is 0 Å².